The summed E-state index contributed by atoms with van der Waals surface area (Å²) in [6.07, 6.45) is 1.69. The Hall–Kier alpha value is -2.34. The van der Waals surface area contributed by atoms with Crippen LogP contribution < -0.4 is 21.7 Å². The first-order valence-corrected chi connectivity index (χ1v) is 11.8. The van der Waals surface area contributed by atoms with Crippen molar-refractivity contribution in [2.24, 2.45) is 17.6 Å². The molecule has 0 rings (SSSR count). The minimum Gasteiger partial charge on any atom is -0.481 e. The molecule has 0 heterocycles. The second kappa shape index (κ2) is 14.7. The molecule has 0 fully saturated rings. The highest BCUT2D eigenvalue weighted by atomic mass is 32.2. The van der Waals surface area contributed by atoms with Gasteiger partial charge < -0.3 is 31.9 Å². The fourth-order valence-electron chi connectivity index (χ4n) is 2.81. The number of hydrogen-bond donors (Lipinski definition) is 6. The molecule has 0 aliphatic heterocycles. The summed E-state index contributed by atoms with van der Waals surface area (Å²) in [6.45, 7) is 7.06. The number of hydrogen-bond acceptors (Lipinski definition) is 7. The number of carbonyl (C=O) groups excluding carboxylic acids is 3. The maximum Gasteiger partial charge on any atom is 0.326 e. The second-order valence-corrected chi connectivity index (χ2v) is 9.29. The van der Waals surface area contributed by atoms with Crippen LogP contribution in [0.25, 0.3) is 0 Å². The predicted octanol–water partition coefficient (Wildman–Crippen LogP) is -0.217. The molecule has 11 nitrogen and oxygen atoms in total. The normalized spacial score (nSPS) is 14.9. The fourth-order valence-corrected chi connectivity index (χ4v) is 3.28. The van der Waals surface area contributed by atoms with E-state index in [4.69, 9.17) is 10.8 Å². The Morgan fingerprint density at radius 2 is 1.44 bits per heavy atom. The van der Waals surface area contributed by atoms with Crippen LogP contribution in [0.3, 0.4) is 0 Å². The van der Waals surface area contributed by atoms with Gasteiger partial charge in [-0.3, -0.25) is 19.2 Å². The van der Waals surface area contributed by atoms with Gasteiger partial charge >= 0.3 is 11.9 Å². The van der Waals surface area contributed by atoms with E-state index in [0.717, 1.165) is 0 Å². The first-order valence-electron chi connectivity index (χ1n) is 10.4. The second-order valence-electron chi connectivity index (χ2n) is 8.31. The Morgan fingerprint density at radius 3 is 1.88 bits per heavy atom. The molecule has 4 atom stereocenters. The number of amides is 3. The number of nitrogens with two attached hydrogens (primary N) is 1. The van der Waals surface area contributed by atoms with E-state index in [1.807, 2.05) is 20.1 Å². The largest absolute Gasteiger partial charge is 0.481 e. The Morgan fingerprint density at radius 1 is 0.875 bits per heavy atom. The minimum absolute atomic E-state index is 0.00369. The zero-order chi connectivity index (χ0) is 25.0. The predicted molar refractivity (Wildman–Crippen MR) is 121 cm³/mol. The van der Waals surface area contributed by atoms with Crippen molar-refractivity contribution in [3.63, 3.8) is 0 Å². The topological polar surface area (TPSA) is 188 Å². The highest BCUT2D eigenvalue weighted by Gasteiger charge is 2.32. The molecule has 0 aromatic rings. The molecule has 0 aromatic heterocycles. The zero-order valence-corrected chi connectivity index (χ0v) is 20.0. The minimum atomic E-state index is -1.33. The van der Waals surface area contributed by atoms with Crippen LogP contribution in [-0.2, 0) is 24.0 Å². The summed E-state index contributed by atoms with van der Waals surface area (Å²) in [4.78, 5) is 60.1. The molecule has 0 radical (unpaired) electrons. The SMILES string of the molecule is CSCCC(NC(=O)C(NC(=O)C(CC(C)C)NC(=O)C(N)CC(=O)O)C(C)C)C(=O)O. The molecule has 184 valence electrons. The van der Waals surface area contributed by atoms with E-state index in [9.17, 15) is 29.1 Å². The molecule has 0 aliphatic rings. The number of nitrogens with one attached hydrogen (secondary N) is 3. The number of carboxylic acid groups (broad SMARTS) is 2. The van der Waals surface area contributed by atoms with Crippen molar-refractivity contribution in [1.29, 1.82) is 0 Å². The number of thioether (sulfide) groups is 1. The first kappa shape index (κ1) is 29.7. The van der Waals surface area contributed by atoms with Crippen LogP contribution in [0.5, 0.6) is 0 Å². The van der Waals surface area contributed by atoms with Crippen molar-refractivity contribution in [3.05, 3.63) is 0 Å². The summed E-state index contributed by atoms with van der Waals surface area (Å²) in [7, 11) is 0. The number of carbonyl (C=O) groups is 5. The van der Waals surface area contributed by atoms with Crippen LogP contribution in [0.1, 0.15) is 47.0 Å². The molecule has 0 saturated carbocycles. The summed E-state index contributed by atoms with van der Waals surface area (Å²) >= 11 is 1.45. The van der Waals surface area contributed by atoms with Gasteiger partial charge in [0, 0.05) is 0 Å². The highest BCUT2D eigenvalue weighted by Crippen LogP contribution is 2.09. The van der Waals surface area contributed by atoms with Crippen molar-refractivity contribution >= 4 is 41.4 Å². The molecule has 0 aromatic carbocycles. The molecule has 0 saturated heterocycles. The maximum absolute atomic E-state index is 12.9. The third kappa shape index (κ3) is 11.3. The van der Waals surface area contributed by atoms with Crippen molar-refractivity contribution in [2.75, 3.05) is 12.0 Å². The van der Waals surface area contributed by atoms with Crippen LogP contribution in [0.15, 0.2) is 0 Å². The third-order valence-corrected chi connectivity index (χ3v) is 5.19. The van der Waals surface area contributed by atoms with Gasteiger partial charge in [-0.25, -0.2) is 4.79 Å². The highest BCUT2D eigenvalue weighted by molar-refractivity contribution is 7.98. The number of rotatable bonds is 15. The van der Waals surface area contributed by atoms with Crippen molar-refractivity contribution in [1.82, 2.24) is 16.0 Å². The van der Waals surface area contributed by atoms with Gasteiger partial charge in [-0.05, 0) is 36.7 Å². The lowest BCUT2D eigenvalue weighted by Crippen LogP contribution is -2.58. The van der Waals surface area contributed by atoms with E-state index in [0.29, 0.717) is 5.75 Å². The lowest BCUT2D eigenvalue weighted by atomic mass is 9.99. The molecule has 32 heavy (non-hydrogen) atoms. The Labute approximate surface area is 192 Å². The smallest absolute Gasteiger partial charge is 0.326 e. The summed E-state index contributed by atoms with van der Waals surface area (Å²) in [6, 6.07) is -4.48. The van der Waals surface area contributed by atoms with E-state index in [1.165, 1.54) is 11.8 Å². The molecule has 12 heteroatoms. The van der Waals surface area contributed by atoms with E-state index < -0.39 is 60.2 Å². The van der Waals surface area contributed by atoms with Crippen molar-refractivity contribution in [3.8, 4) is 0 Å². The summed E-state index contributed by atoms with van der Waals surface area (Å²) in [5.41, 5.74) is 5.57. The average molecular weight is 477 g/mol. The first-order chi connectivity index (χ1) is 14.8. The van der Waals surface area contributed by atoms with E-state index >= 15 is 0 Å². The number of carboxylic acids is 2. The molecule has 3 amide bonds. The standard InChI is InChI=1S/C20H36N4O7S/c1-10(2)8-14(23-17(27)12(21)9-15(25)26)18(28)24-16(11(3)4)19(29)22-13(20(30)31)6-7-32-5/h10-14,16H,6-9,21H2,1-5H3,(H,22,29)(H,23,27)(H,24,28)(H,25,26)(H,30,31). The Kier molecular flexibility index (Phi) is 13.6. The van der Waals surface area contributed by atoms with Gasteiger partial charge in [-0.15, -0.1) is 0 Å². The van der Waals surface area contributed by atoms with Gasteiger partial charge in [0.25, 0.3) is 0 Å². The molecule has 0 bridgehead atoms. The third-order valence-electron chi connectivity index (χ3n) is 4.54. The van der Waals surface area contributed by atoms with Gasteiger partial charge in [0.05, 0.1) is 12.5 Å². The number of aliphatic carboxylic acids is 2. The van der Waals surface area contributed by atoms with Crippen LogP contribution >= 0.6 is 11.8 Å². The van der Waals surface area contributed by atoms with Gasteiger partial charge in [-0.2, -0.15) is 11.8 Å². The maximum atomic E-state index is 12.9. The van der Waals surface area contributed by atoms with Gasteiger partial charge in [0.15, 0.2) is 0 Å². The van der Waals surface area contributed by atoms with Crippen LogP contribution in [-0.4, -0.2) is 76.0 Å². The molecule has 0 aliphatic carbocycles. The van der Waals surface area contributed by atoms with Crippen LogP contribution in [0.4, 0.5) is 0 Å². The lowest BCUT2D eigenvalue weighted by Gasteiger charge is -2.27. The van der Waals surface area contributed by atoms with Crippen LogP contribution in [0, 0.1) is 11.8 Å². The van der Waals surface area contributed by atoms with Gasteiger partial charge in [-0.1, -0.05) is 27.7 Å². The quantitative estimate of drug-likeness (QED) is 0.186. The van der Waals surface area contributed by atoms with Gasteiger partial charge in [0.1, 0.15) is 18.1 Å². The molecule has 7 N–H and O–H groups in total. The molecular formula is C20H36N4O7S. The average Bonchev–Trinajstić information content (AvgIpc) is 2.66. The van der Waals surface area contributed by atoms with Crippen molar-refractivity contribution in [2.45, 2.75) is 71.1 Å². The summed E-state index contributed by atoms with van der Waals surface area (Å²) < 4.78 is 0. The Bertz CT molecular complexity index is 672. The summed E-state index contributed by atoms with van der Waals surface area (Å²) in [5, 5.41) is 25.6. The van der Waals surface area contributed by atoms with E-state index in [2.05, 4.69) is 16.0 Å². The van der Waals surface area contributed by atoms with Crippen molar-refractivity contribution < 1.29 is 34.2 Å². The van der Waals surface area contributed by atoms with E-state index in [-0.39, 0.29) is 24.7 Å². The van der Waals surface area contributed by atoms with Crippen LogP contribution in [0.2, 0.25) is 0 Å². The lowest BCUT2D eigenvalue weighted by molar-refractivity contribution is -0.142. The zero-order valence-electron chi connectivity index (χ0n) is 19.2. The molecule has 0 spiro atoms. The Balaban J connectivity index is 5.39. The molecular weight excluding hydrogens is 440 g/mol. The fraction of sp³-hybridized carbons (Fsp3) is 0.750. The van der Waals surface area contributed by atoms with Gasteiger partial charge in [0.2, 0.25) is 17.7 Å². The van der Waals surface area contributed by atoms with E-state index in [1.54, 1.807) is 13.8 Å². The summed E-state index contributed by atoms with van der Waals surface area (Å²) in [5.74, 6) is -4.31. The monoisotopic (exact) mass is 476 g/mol. The molecule has 4 unspecified atom stereocenters.